The van der Waals surface area contributed by atoms with Crippen molar-refractivity contribution in [3.05, 3.63) is 36.3 Å². The first kappa shape index (κ1) is 10.3. The molecule has 0 bridgehead atoms. The normalized spacial score (nSPS) is 12.7. The molecule has 0 N–H and O–H groups in total. The minimum atomic E-state index is 0.660. The monoisotopic (exact) mass is 187 g/mol. The molecule has 0 aliphatic rings. The molecule has 1 aromatic heterocycles. The largest absolute Gasteiger partial charge is 0.264 e. The Labute approximate surface area is 83.9 Å². The van der Waals surface area contributed by atoms with Gasteiger partial charge in [0.25, 0.3) is 0 Å². The van der Waals surface area contributed by atoms with Crippen molar-refractivity contribution in [2.24, 2.45) is 9.98 Å². The van der Waals surface area contributed by atoms with E-state index in [1.54, 1.807) is 25.5 Å². The van der Waals surface area contributed by atoms with Gasteiger partial charge in [-0.1, -0.05) is 6.07 Å². The van der Waals surface area contributed by atoms with Crippen molar-refractivity contribution in [2.75, 3.05) is 0 Å². The number of aromatic nitrogens is 1. The average Bonchev–Trinajstić information content (AvgIpc) is 2.26. The van der Waals surface area contributed by atoms with E-state index in [9.17, 15) is 0 Å². The highest BCUT2D eigenvalue weighted by Gasteiger charge is 1.92. The van der Waals surface area contributed by atoms with Gasteiger partial charge in [-0.15, -0.1) is 0 Å². The van der Waals surface area contributed by atoms with Crippen molar-refractivity contribution in [1.29, 1.82) is 0 Å². The van der Waals surface area contributed by atoms with Gasteiger partial charge in [0.2, 0.25) is 0 Å². The van der Waals surface area contributed by atoms with Gasteiger partial charge in [0.1, 0.15) is 5.84 Å². The van der Waals surface area contributed by atoms with Crippen LogP contribution in [0.4, 0.5) is 0 Å². The molecule has 0 aromatic carbocycles. The summed E-state index contributed by atoms with van der Waals surface area (Å²) in [7, 11) is 0. The number of hydrogen-bond acceptors (Lipinski definition) is 2. The lowest BCUT2D eigenvalue weighted by molar-refractivity contribution is 1.30. The summed E-state index contributed by atoms with van der Waals surface area (Å²) in [5, 5.41) is 0. The van der Waals surface area contributed by atoms with E-state index in [0.717, 1.165) is 11.1 Å². The third-order valence-electron chi connectivity index (χ3n) is 1.79. The number of amidine groups is 1. The summed E-state index contributed by atoms with van der Waals surface area (Å²) in [4.78, 5) is 11.8. The average molecular weight is 187 g/mol. The standard InChI is InChI=1S/C11H13N3/c1-9(7-14-10(2)12-3)11-5-4-6-13-8-11/h4-8H,3H2,1-2H3/b9-7+,14-10-. The van der Waals surface area contributed by atoms with Crippen LogP contribution < -0.4 is 0 Å². The Hall–Kier alpha value is -1.77. The van der Waals surface area contributed by atoms with E-state index in [0.29, 0.717) is 5.84 Å². The molecule has 3 nitrogen and oxygen atoms in total. The van der Waals surface area contributed by atoms with Crippen LogP contribution in [0.1, 0.15) is 19.4 Å². The maximum Gasteiger partial charge on any atom is 0.124 e. The van der Waals surface area contributed by atoms with Gasteiger partial charge in [-0.25, -0.2) is 9.98 Å². The van der Waals surface area contributed by atoms with E-state index in [1.165, 1.54) is 0 Å². The van der Waals surface area contributed by atoms with Crippen LogP contribution in [0.25, 0.3) is 5.57 Å². The van der Waals surface area contributed by atoms with Gasteiger partial charge in [0.15, 0.2) is 0 Å². The first-order valence-corrected chi connectivity index (χ1v) is 4.32. The van der Waals surface area contributed by atoms with E-state index in [4.69, 9.17) is 0 Å². The maximum absolute atomic E-state index is 4.12. The third kappa shape index (κ3) is 2.94. The Kier molecular flexibility index (Phi) is 3.73. The lowest BCUT2D eigenvalue weighted by Gasteiger charge is -1.97. The third-order valence-corrected chi connectivity index (χ3v) is 1.79. The highest BCUT2D eigenvalue weighted by molar-refractivity contribution is 5.84. The summed E-state index contributed by atoms with van der Waals surface area (Å²) in [5.41, 5.74) is 2.12. The molecule has 0 aliphatic carbocycles. The van der Waals surface area contributed by atoms with Crippen molar-refractivity contribution < 1.29 is 0 Å². The fourth-order valence-corrected chi connectivity index (χ4v) is 0.902. The minimum absolute atomic E-state index is 0.660. The van der Waals surface area contributed by atoms with Gasteiger partial charge in [-0.05, 0) is 37.8 Å². The lowest BCUT2D eigenvalue weighted by Crippen LogP contribution is -1.83. The van der Waals surface area contributed by atoms with Crippen molar-refractivity contribution in [3.63, 3.8) is 0 Å². The molecule has 0 saturated carbocycles. The van der Waals surface area contributed by atoms with E-state index < -0.39 is 0 Å². The summed E-state index contributed by atoms with van der Waals surface area (Å²) < 4.78 is 0. The van der Waals surface area contributed by atoms with Crippen LogP contribution in [-0.4, -0.2) is 17.5 Å². The first-order chi connectivity index (χ1) is 6.74. The second-order valence-electron chi connectivity index (χ2n) is 2.89. The zero-order chi connectivity index (χ0) is 10.4. The number of rotatable bonds is 2. The Morgan fingerprint density at radius 1 is 1.50 bits per heavy atom. The minimum Gasteiger partial charge on any atom is -0.264 e. The molecule has 0 atom stereocenters. The quantitative estimate of drug-likeness (QED) is 0.518. The molecule has 0 aliphatic heterocycles. The second kappa shape index (κ2) is 5.07. The van der Waals surface area contributed by atoms with Gasteiger partial charge < -0.3 is 0 Å². The molecule has 14 heavy (non-hydrogen) atoms. The molecule has 0 radical (unpaired) electrons. The molecule has 0 saturated heterocycles. The first-order valence-electron chi connectivity index (χ1n) is 4.32. The fraction of sp³-hybridized carbons (Fsp3) is 0.182. The Balaban J connectivity index is 2.86. The summed E-state index contributed by atoms with van der Waals surface area (Å²) in [6.07, 6.45) is 5.32. The molecule has 1 heterocycles. The van der Waals surface area contributed by atoms with Gasteiger partial charge in [0.05, 0.1) is 0 Å². The van der Waals surface area contributed by atoms with Crippen LogP contribution in [0.5, 0.6) is 0 Å². The highest BCUT2D eigenvalue weighted by Crippen LogP contribution is 2.11. The van der Waals surface area contributed by atoms with Crippen LogP contribution in [0.3, 0.4) is 0 Å². The van der Waals surface area contributed by atoms with Crippen molar-refractivity contribution >= 4 is 18.1 Å². The van der Waals surface area contributed by atoms with Gasteiger partial charge in [-0.3, -0.25) is 4.98 Å². The highest BCUT2D eigenvalue weighted by atomic mass is 14.9. The maximum atomic E-state index is 4.12. The summed E-state index contributed by atoms with van der Waals surface area (Å²) >= 11 is 0. The van der Waals surface area contributed by atoms with Crippen LogP contribution in [0.15, 0.2) is 40.7 Å². The molecule has 1 rings (SSSR count). The van der Waals surface area contributed by atoms with Crippen LogP contribution >= 0.6 is 0 Å². The van der Waals surface area contributed by atoms with Crippen LogP contribution in [0, 0.1) is 0 Å². The molecular weight excluding hydrogens is 174 g/mol. The van der Waals surface area contributed by atoms with E-state index >= 15 is 0 Å². The van der Waals surface area contributed by atoms with Crippen molar-refractivity contribution in [2.45, 2.75) is 13.8 Å². The van der Waals surface area contributed by atoms with Crippen LogP contribution in [0.2, 0.25) is 0 Å². The van der Waals surface area contributed by atoms with E-state index in [-0.39, 0.29) is 0 Å². The number of aliphatic imine (C=N–C) groups is 2. The zero-order valence-electron chi connectivity index (χ0n) is 8.44. The molecule has 0 spiro atoms. The van der Waals surface area contributed by atoms with Gasteiger partial charge >= 0.3 is 0 Å². The number of allylic oxidation sites excluding steroid dienone is 1. The smallest absolute Gasteiger partial charge is 0.124 e. The van der Waals surface area contributed by atoms with Crippen molar-refractivity contribution in [1.82, 2.24) is 4.98 Å². The number of nitrogens with zero attached hydrogens (tertiary/aromatic N) is 3. The SMILES string of the molecule is C=N/C(C)=N\C=C(/C)c1cccnc1. The Morgan fingerprint density at radius 3 is 2.86 bits per heavy atom. The molecule has 0 amide bonds. The Morgan fingerprint density at radius 2 is 2.29 bits per heavy atom. The number of hydrogen-bond donors (Lipinski definition) is 0. The van der Waals surface area contributed by atoms with Gasteiger partial charge in [0, 0.05) is 18.6 Å². The second-order valence-corrected chi connectivity index (χ2v) is 2.89. The zero-order valence-corrected chi connectivity index (χ0v) is 8.44. The van der Waals surface area contributed by atoms with Crippen LogP contribution in [-0.2, 0) is 0 Å². The fourth-order valence-electron chi connectivity index (χ4n) is 0.902. The van der Waals surface area contributed by atoms with Gasteiger partial charge in [-0.2, -0.15) is 0 Å². The predicted molar refractivity (Wildman–Crippen MR) is 60.5 cm³/mol. The molecule has 3 heteroatoms. The van der Waals surface area contributed by atoms with Crippen molar-refractivity contribution in [3.8, 4) is 0 Å². The topological polar surface area (TPSA) is 37.6 Å². The summed E-state index contributed by atoms with van der Waals surface area (Å²) in [6, 6.07) is 3.89. The number of pyridine rings is 1. The molecule has 72 valence electrons. The summed E-state index contributed by atoms with van der Waals surface area (Å²) in [5.74, 6) is 0.660. The Bertz CT molecular complexity index is 363. The molecule has 0 fully saturated rings. The molecule has 0 unspecified atom stereocenters. The molecule has 1 aromatic rings. The molecular formula is C11H13N3. The van der Waals surface area contributed by atoms with E-state index in [2.05, 4.69) is 21.7 Å². The lowest BCUT2D eigenvalue weighted by atomic mass is 10.1. The summed E-state index contributed by atoms with van der Waals surface area (Å²) in [6.45, 7) is 7.18. The predicted octanol–water partition coefficient (Wildman–Crippen LogP) is 2.56. The van der Waals surface area contributed by atoms with E-state index in [1.807, 2.05) is 19.1 Å².